The van der Waals surface area contributed by atoms with Crippen LogP contribution in [-0.2, 0) is 4.79 Å². The maximum Gasteiger partial charge on any atom is 0.334 e. The molecule has 1 atom stereocenters. The number of carboxylic acids is 1. The normalized spacial score (nSPS) is 11.6. The number of aliphatic hydroxyl groups is 1. The molecule has 0 fully saturated rings. The number of rotatable bonds is 5. The maximum atomic E-state index is 13.3. The zero-order valence-corrected chi connectivity index (χ0v) is 10.2. The van der Waals surface area contributed by atoms with Crippen LogP contribution in [0.1, 0.15) is 0 Å². The number of nitro groups is 1. The highest BCUT2D eigenvalue weighted by molar-refractivity contribution is 5.90. The molecule has 1 unspecified atom stereocenters. The summed E-state index contributed by atoms with van der Waals surface area (Å²) in [6.07, 6.45) is -1.87. The van der Waals surface area contributed by atoms with Crippen LogP contribution >= 0.6 is 0 Å². The fourth-order valence-corrected chi connectivity index (χ4v) is 1.22. The van der Waals surface area contributed by atoms with Crippen molar-refractivity contribution >= 4 is 23.4 Å². The van der Waals surface area contributed by atoms with E-state index in [0.29, 0.717) is 6.07 Å². The smallest absolute Gasteiger partial charge is 0.334 e. The highest BCUT2D eigenvalue weighted by Crippen LogP contribution is 2.24. The Morgan fingerprint density at radius 1 is 1.33 bits per heavy atom. The van der Waals surface area contributed by atoms with Gasteiger partial charge in [-0.05, 0) is 0 Å². The lowest BCUT2D eigenvalue weighted by Gasteiger charge is -2.10. The second kappa shape index (κ2) is 6.56. The minimum Gasteiger partial charge on any atom is -0.479 e. The molecule has 2 amide bonds. The molecule has 0 aliphatic heterocycles. The Balaban J connectivity index is 2.78. The van der Waals surface area contributed by atoms with Crippen molar-refractivity contribution in [2.45, 2.75) is 6.10 Å². The molecule has 0 saturated heterocycles. The molecule has 0 aliphatic rings. The third-order valence-corrected chi connectivity index (χ3v) is 2.22. The number of benzene rings is 1. The third kappa shape index (κ3) is 4.35. The number of urea groups is 1. The summed E-state index contributed by atoms with van der Waals surface area (Å²) in [5.41, 5.74) is -1.72. The van der Waals surface area contributed by atoms with Crippen LogP contribution in [0.5, 0.6) is 0 Å². The van der Waals surface area contributed by atoms with Gasteiger partial charge in [-0.15, -0.1) is 0 Å². The van der Waals surface area contributed by atoms with Crippen LogP contribution in [0.15, 0.2) is 12.1 Å². The number of carboxylic acid groups (broad SMARTS) is 1. The zero-order valence-electron chi connectivity index (χ0n) is 10.2. The van der Waals surface area contributed by atoms with E-state index in [4.69, 9.17) is 10.2 Å². The average Bonchev–Trinajstić information content (AvgIpc) is 2.38. The van der Waals surface area contributed by atoms with E-state index in [1.54, 1.807) is 0 Å². The molecule has 1 rings (SSSR count). The second-order valence-electron chi connectivity index (χ2n) is 3.73. The molecular formula is C10H9F2N3O6. The summed E-state index contributed by atoms with van der Waals surface area (Å²) in [5, 5.41) is 31.4. The molecule has 0 spiro atoms. The summed E-state index contributed by atoms with van der Waals surface area (Å²) in [4.78, 5) is 31.0. The van der Waals surface area contributed by atoms with E-state index in [1.807, 2.05) is 10.6 Å². The topological polar surface area (TPSA) is 142 Å². The molecule has 0 radical (unpaired) electrons. The molecule has 1 aromatic carbocycles. The first-order valence-electron chi connectivity index (χ1n) is 5.31. The number of nitrogens with one attached hydrogen (secondary N) is 2. The number of hydrogen-bond donors (Lipinski definition) is 4. The fourth-order valence-electron chi connectivity index (χ4n) is 1.22. The Labute approximate surface area is 115 Å². The van der Waals surface area contributed by atoms with Crippen molar-refractivity contribution in [3.05, 3.63) is 33.9 Å². The van der Waals surface area contributed by atoms with Crippen molar-refractivity contribution in [3.8, 4) is 0 Å². The van der Waals surface area contributed by atoms with Gasteiger partial charge >= 0.3 is 17.7 Å². The Kier molecular flexibility index (Phi) is 5.07. The third-order valence-electron chi connectivity index (χ3n) is 2.22. The average molecular weight is 305 g/mol. The standard InChI is InChI=1S/C10H9F2N3O6/c11-4-1-5(12)7(15(20)21)2-6(4)14-10(19)13-3-8(16)9(17)18/h1-2,8,16H,3H2,(H,17,18)(H2,13,14,19). The lowest BCUT2D eigenvalue weighted by atomic mass is 10.2. The first kappa shape index (κ1) is 16.2. The highest BCUT2D eigenvalue weighted by Gasteiger charge is 2.20. The van der Waals surface area contributed by atoms with E-state index in [2.05, 4.69) is 0 Å². The minimum atomic E-state index is -1.87. The number of amides is 2. The first-order chi connectivity index (χ1) is 9.72. The monoisotopic (exact) mass is 305 g/mol. The molecule has 9 nitrogen and oxygen atoms in total. The maximum absolute atomic E-state index is 13.3. The van der Waals surface area contributed by atoms with Gasteiger partial charge in [-0.2, -0.15) is 4.39 Å². The van der Waals surface area contributed by atoms with Crippen molar-refractivity contribution in [1.29, 1.82) is 0 Å². The van der Waals surface area contributed by atoms with E-state index in [9.17, 15) is 28.5 Å². The van der Waals surface area contributed by atoms with Crippen molar-refractivity contribution in [2.75, 3.05) is 11.9 Å². The van der Waals surface area contributed by atoms with Crippen LogP contribution in [0, 0.1) is 21.7 Å². The van der Waals surface area contributed by atoms with Gasteiger partial charge in [-0.3, -0.25) is 10.1 Å². The Bertz CT molecular complexity index is 594. The van der Waals surface area contributed by atoms with Gasteiger partial charge in [0.2, 0.25) is 5.82 Å². The van der Waals surface area contributed by atoms with Gasteiger partial charge < -0.3 is 20.8 Å². The SMILES string of the molecule is O=C(NCC(O)C(=O)O)Nc1cc([N+](=O)[O-])c(F)cc1F. The van der Waals surface area contributed by atoms with Crippen LogP contribution in [0.4, 0.5) is 25.0 Å². The Morgan fingerprint density at radius 3 is 2.48 bits per heavy atom. The number of nitrogens with zero attached hydrogens (tertiary/aromatic N) is 1. The van der Waals surface area contributed by atoms with Crippen molar-refractivity contribution in [3.63, 3.8) is 0 Å². The summed E-state index contributed by atoms with van der Waals surface area (Å²) in [7, 11) is 0. The van der Waals surface area contributed by atoms with Gasteiger partial charge in [0.25, 0.3) is 0 Å². The largest absolute Gasteiger partial charge is 0.479 e. The van der Waals surface area contributed by atoms with Gasteiger partial charge in [0.15, 0.2) is 6.10 Å². The molecule has 21 heavy (non-hydrogen) atoms. The van der Waals surface area contributed by atoms with Crippen molar-refractivity contribution in [1.82, 2.24) is 5.32 Å². The molecule has 0 aliphatic carbocycles. The van der Waals surface area contributed by atoms with Crippen LogP contribution in [-0.4, -0.2) is 39.8 Å². The molecule has 0 aromatic heterocycles. The molecule has 0 bridgehead atoms. The number of carbonyl (C=O) groups excluding carboxylic acids is 1. The quantitative estimate of drug-likeness (QED) is 0.459. The lowest BCUT2D eigenvalue weighted by Crippen LogP contribution is -2.38. The van der Waals surface area contributed by atoms with Gasteiger partial charge in [-0.1, -0.05) is 0 Å². The van der Waals surface area contributed by atoms with E-state index in [-0.39, 0.29) is 6.07 Å². The van der Waals surface area contributed by atoms with Gasteiger partial charge in [0.1, 0.15) is 5.82 Å². The molecule has 0 heterocycles. The number of nitro benzene ring substituents is 1. The van der Waals surface area contributed by atoms with Gasteiger partial charge in [-0.25, -0.2) is 14.0 Å². The van der Waals surface area contributed by atoms with E-state index in [1.165, 1.54) is 0 Å². The van der Waals surface area contributed by atoms with E-state index >= 15 is 0 Å². The van der Waals surface area contributed by atoms with E-state index in [0.717, 1.165) is 0 Å². The molecular weight excluding hydrogens is 296 g/mol. The number of halogens is 2. The fraction of sp³-hybridized carbons (Fsp3) is 0.200. The summed E-state index contributed by atoms with van der Waals surface area (Å²) < 4.78 is 26.4. The Morgan fingerprint density at radius 2 is 1.95 bits per heavy atom. The van der Waals surface area contributed by atoms with Crippen molar-refractivity contribution < 1.29 is 33.5 Å². The van der Waals surface area contributed by atoms with Gasteiger partial charge in [0, 0.05) is 12.1 Å². The lowest BCUT2D eigenvalue weighted by molar-refractivity contribution is -0.387. The zero-order chi connectivity index (χ0) is 16.2. The first-order valence-corrected chi connectivity index (χ1v) is 5.31. The number of aliphatic hydroxyl groups excluding tert-OH is 1. The van der Waals surface area contributed by atoms with Crippen LogP contribution in [0.25, 0.3) is 0 Å². The second-order valence-corrected chi connectivity index (χ2v) is 3.73. The molecule has 114 valence electrons. The predicted molar refractivity (Wildman–Crippen MR) is 63.7 cm³/mol. The number of aliphatic carboxylic acids is 1. The number of anilines is 1. The molecule has 4 N–H and O–H groups in total. The molecule has 11 heteroatoms. The summed E-state index contributed by atoms with van der Waals surface area (Å²) >= 11 is 0. The molecule has 0 saturated carbocycles. The van der Waals surface area contributed by atoms with Crippen LogP contribution < -0.4 is 10.6 Å². The Hall–Kier alpha value is -2.82. The molecule has 1 aromatic rings. The minimum absolute atomic E-state index is 0.222. The van der Waals surface area contributed by atoms with Gasteiger partial charge in [0.05, 0.1) is 17.2 Å². The number of hydrogen-bond acceptors (Lipinski definition) is 5. The van der Waals surface area contributed by atoms with E-state index < -0.39 is 52.6 Å². The summed E-state index contributed by atoms with van der Waals surface area (Å²) in [6, 6.07) is -0.437. The number of carbonyl (C=O) groups is 2. The summed E-state index contributed by atoms with van der Waals surface area (Å²) in [6.45, 7) is -0.675. The predicted octanol–water partition coefficient (Wildman–Crippen LogP) is 0.440. The van der Waals surface area contributed by atoms with Crippen LogP contribution in [0.3, 0.4) is 0 Å². The summed E-state index contributed by atoms with van der Waals surface area (Å²) in [5.74, 6) is -4.25. The highest BCUT2D eigenvalue weighted by atomic mass is 19.1. The van der Waals surface area contributed by atoms with Crippen LogP contribution in [0.2, 0.25) is 0 Å². The van der Waals surface area contributed by atoms with Crippen molar-refractivity contribution in [2.24, 2.45) is 0 Å².